The van der Waals surface area contributed by atoms with E-state index >= 15 is 0 Å². The minimum absolute atomic E-state index is 0.103. The van der Waals surface area contributed by atoms with E-state index in [1.54, 1.807) is 16.9 Å². The first-order valence-electron chi connectivity index (χ1n) is 12.9. The lowest BCUT2D eigenvalue weighted by Crippen LogP contribution is -2.50. The number of hydrogen-bond donors (Lipinski definition) is 2. The minimum atomic E-state index is -2.88. The van der Waals surface area contributed by atoms with Gasteiger partial charge in [0.15, 0.2) is 8.32 Å². The van der Waals surface area contributed by atoms with Gasteiger partial charge in [-0.05, 0) is 36.9 Å². The molecule has 2 heterocycles. The van der Waals surface area contributed by atoms with Crippen molar-refractivity contribution in [3.8, 4) is 5.75 Å². The molecule has 0 aliphatic carbocycles. The first-order valence-corrected chi connectivity index (χ1v) is 15.9. The van der Waals surface area contributed by atoms with E-state index in [0.717, 1.165) is 16.8 Å². The first-order chi connectivity index (χ1) is 17.6. The number of nitrogens with zero attached hydrogens (tertiary/aromatic N) is 2. The summed E-state index contributed by atoms with van der Waals surface area (Å²) in [6, 6.07) is 15.4. The van der Waals surface area contributed by atoms with Crippen LogP contribution in [0.4, 0.5) is 5.69 Å². The van der Waals surface area contributed by atoms with Gasteiger partial charge >= 0.3 is 0 Å². The van der Waals surface area contributed by atoms with E-state index in [0.29, 0.717) is 25.3 Å². The Bertz CT molecular complexity index is 1110. The van der Waals surface area contributed by atoms with Gasteiger partial charge in [0.1, 0.15) is 11.9 Å². The van der Waals surface area contributed by atoms with Crippen LogP contribution in [0.15, 0.2) is 48.5 Å². The molecule has 1 fully saturated rings. The number of carbonyl (C=O) groups is 2. The van der Waals surface area contributed by atoms with Crippen molar-refractivity contribution in [1.82, 2.24) is 4.90 Å². The second kappa shape index (κ2) is 11.3. The van der Waals surface area contributed by atoms with Crippen LogP contribution in [0.5, 0.6) is 5.75 Å². The minimum Gasteiger partial charge on any atom is -0.490 e. The third kappa shape index (κ3) is 5.90. The van der Waals surface area contributed by atoms with Gasteiger partial charge in [-0.25, -0.2) is 0 Å². The van der Waals surface area contributed by atoms with Crippen molar-refractivity contribution in [3.05, 3.63) is 59.7 Å². The molecule has 2 amide bonds. The number of fused-ring (bicyclic) bond motifs is 1. The predicted molar refractivity (Wildman–Crippen MR) is 144 cm³/mol. The fourth-order valence-electron chi connectivity index (χ4n) is 5.42. The Labute approximate surface area is 219 Å². The smallest absolute Gasteiger partial charge is 0.228 e. The van der Waals surface area contributed by atoms with Crippen LogP contribution in [0.3, 0.4) is 0 Å². The first kappa shape index (κ1) is 27.3. The molecule has 1 unspecified atom stereocenters. The maximum atomic E-state index is 13.5. The van der Waals surface area contributed by atoms with E-state index in [9.17, 15) is 19.5 Å². The number of hydrogen-bond acceptors (Lipinski definition) is 6. The Balaban J connectivity index is 1.59. The summed E-state index contributed by atoms with van der Waals surface area (Å²) in [6.07, 6.45) is -0.0680. The van der Waals surface area contributed by atoms with E-state index in [2.05, 4.69) is 0 Å². The summed E-state index contributed by atoms with van der Waals surface area (Å²) in [5, 5.41) is 9.62. The Morgan fingerprint density at radius 3 is 2.54 bits per heavy atom. The van der Waals surface area contributed by atoms with Gasteiger partial charge in [-0.3, -0.25) is 9.59 Å². The van der Waals surface area contributed by atoms with Crippen molar-refractivity contribution in [1.29, 1.82) is 0 Å². The molecule has 2 aromatic rings. The van der Waals surface area contributed by atoms with Crippen molar-refractivity contribution in [2.24, 2.45) is 5.92 Å². The molecule has 9 heteroatoms. The summed E-state index contributed by atoms with van der Waals surface area (Å²) in [7, 11) is -1.23. The maximum absolute atomic E-state index is 13.5. The number of methoxy groups -OCH3 is 1. The molecule has 0 bridgehead atoms. The SMILES string of the molecule is CO[C@H]1c2cc(N3CCC3=O)ccc2O[C@@H](C(CC(=O)N(CCO)Cc2ccccc2)[Si](C)(C)O)[C@@H]1C. The molecule has 4 atom stereocenters. The molecule has 2 aromatic carbocycles. The molecule has 37 heavy (non-hydrogen) atoms. The standard InChI is InChI=1S/C28H38N2O6Si/c1-19-27(35-2)22-16-21(30-13-12-25(30)32)10-11-23(22)36-28(19)24(37(3,4)34)17-26(33)29(14-15-31)18-20-8-6-5-7-9-20/h5-11,16,19,24,27-28,31,34H,12-15,17-18H2,1-4H3/t19-,24?,27-,28-/m1/s1. The van der Waals surface area contributed by atoms with Gasteiger partial charge in [0.05, 0.1) is 12.7 Å². The molecule has 200 valence electrons. The average Bonchev–Trinajstić information content (AvgIpc) is 2.86. The summed E-state index contributed by atoms with van der Waals surface area (Å²) >= 11 is 0. The zero-order valence-electron chi connectivity index (χ0n) is 22.1. The molecule has 0 spiro atoms. The molecule has 2 N–H and O–H groups in total. The lowest BCUT2D eigenvalue weighted by molar-refractivity contribution is -0.133. The fraction of sp³-hybridized carbons (Fsp3) is 0.500. The Hall–Kier alpha value is -2.72. The molecule has 0 aromatic heterocycles. The lowest BCUT2D eigenvalue weighted by atomic mass is 9.86. The fourth-order valence-corrected chi connectivity index (χ4v) is 7.27. The molecule has 4 rings (SSSR count). The van der Waals surface area contributed by atoms with Gasteiger partial charge in [0.25, 0.3) is 0 Å². The third-order valence-corrected chi connectivity index (χ3v) is 9.96. The second-order valence-electron chi connectivity index (χ2n) is 10.6. The lowest BCUT2D eigenvalue weighted by Gasteiger charge is -2.44. The third-order valence-electron chi connectivity index (χ3n) is 7.61. The Morgan fingerprint density at radius 2 is 1.97 bits per heavy atom. The van der Waals surface area contributed by atoms with Crippen LogP contribution in [-0.2, 0) is 20.9 Å². The van der Waals surface area contributed by atoms with Crippen LogP contribution in [0.1, 0.15) is 37.0 Å². The van der Waals surface area contributed by atoms with Gasteiger partial charge in [-0.15, -0.1) is 0 Å². The van der Waals surface area contributed by atoms with Gasteiger partial charge in [-0.2, -0.15) is 0 Å². The maximum Gasteiger partial charge on any atom is 0.228 e. The van der Waals surface area contributed by atoms with Crippen LogP contribution in [0.2, 0.25) is 18.6 Å². The summed E-state index contributed by atoms with van der Waals surface area (Å²) in [5.74, 6) is 0.488. The van der Waals surface area contributed by atoms with Crippen molar-refractivity contribution >= 4 is 25.8 Å². The second-order valence-corrected chi connectivity index (χ2v) is 14.7. The highest BCUT2D eigenvalue weighted by Gasteiger charge is 2.47. The van der Waals surface area contributed by atoms with Crippen molar-refractivity contribution in [2.45, 2.75) is 57.2 Å². The highest BCUT2D eigenvalue weighted by molar-refractivity contribution is 6.71. The topological polar surface area (TPSA) is 99.5 Å². The van der Waals surface area contributed by atoms with E-state index < -0.39 is 20.0 Å². The average molecular weight is 527 g/mol. The van der Waals surface area contributed by atoms with Crippen LogP contribution in [0, 0.1) is 5.92 Å². The largest absolute Gasteiger partial charge is 0.490 e. The zero-order valence-corrected chi connectivity index (χ0v) is 23.1. The quantitative estimate of drug-likeness (QED) is 0.363. The summed E-state index contributed by atoms with van der Waals surface area (Å²) in [4.78, 5) is 40.2. The van der Waals surface area contributed by atoms with E-state index in [4.69, 9.17) is 9.47 Å². The predicted octanol–water partition coefficient (Wildman–Crippen LogP) is 3.49. The number of benzene rings is 2. The summed E-state index contributed by atoms with van der Waals surface area (Å²) in [6.45, 7) is 6.88. The molecule has 2 aliphatic heterocycles. The van der Waals surface area contributed by atoms with E-state index in [-0.39, 0.29) is 43.4 Å². The number of anilines is 1. The number of rotatable bonds is 10. The zero-order chi connectivity index (χ0) is 26.7. The van der Waals surface area contributed by atoms with Crippen LogP contribution < -0.4 is 9.64 Å². The summed E-state index contributed by atoms with van der Waals surface area (Å²) in [5.41, 5.74) is 2.29. The number of ether oxygens (including phenoxy) is 2. The van der Waals surface area contributed by atoms with Crippen molar-refractivity contribution in [2.75, 3.05) is 31.7 Å². The molecule has 2 aliphatic rings. The molecule has 0 saturated carbocycles. The number of aliphatic hydroxyl groups is 1. The Morgan fingerprint density at radius 1 is 1.24 bits per heavy atom. The molecular weight excluding hydrogens is 488 g/mol. The van der Waals surface area contributed by atoms with Crippen LogP contribution in [-0.4, -0.2) is 67.8 Å². The summed E-state index contributed by atoms with van der Waals surface area (Å²) < 4.78 is 12.4. The number of carbonyl (C=O) groups excluding carboxylic acids is 2. The van der Waals surface area contributed by atoms with E-state index in [1.165, 1.54) is 0 Å². The number of aliphatic hydroxyl groups excluding tert-OH is 1. The molecule has 8 nitrogen and oxygen atoms in total. The van der Waals surface area contributed by atoms with Crippen molar-refractivity contribution in [3.63, 3.8) is 0 Å². The van der Waals surface area contributed by atoms with Gasteiger partial charge in [0.2, 0.25) is 11.8 Å². The van der Waals surface area contributed by atoms with Crippen LogP contribution in [0.25, 0.3) is 0 Å². The molecule has 0 radical (unpaired) electrons. The van der Waals surface area contributed by atoms with Crippen molar-refractivity contribution < 1.29 is 29.0 Å². The van der Waals surface area contributed by atoms with Crippen LogP contribution >= 0.6 is 0 Å². The normalized spacial score (nSPS) is 22.1. The van der Waals surface area contributed by atoms with Gasteiger partial charge in [0, 0.05) is 62.3 Å². The molecular formula is C28H38N2O6Si. The highest BCUT2D eigenvalue weighted by atomic mass is 28.4. The highest BCUT2D eigenvalue weighted by Crippen LogP contribution is 2.48. The van der Waals surface area contributed by atoms with Gasteiger partial charge < -0.3 is 29.2 Å². The monoisotopic (exact) mass is 526 g/mol. The number of amides is 2. The van der Waals surface area contributed by atoms with Gasteiger partial charge in [-0.1, -0.05) is 37.3 Å². The molecule has 1 saturated heterocycles. The number of β-lactam (4-membered cyclic amide) rings is 1. The van der Waals surface area contributed by atoms with E-state index in [1.807, 2.05) is 68.5 Å². The Kier molecular flexibility index (Phi) is 8.38.